The zero-order valence-corrected chi connectivity index (χ0v) is 17.6. The van der Waals surface area contributed by atoms with Gasteiger partial charge in [-0.15, -0.1) is 0 Å². The van der Waals surface area contributed by atoms with Crippen LogP contribution in [0.4, 0.5) is 5.69 Å². The molecule has 160 valence electrons. The highest BCUT2D eigenvalue weighted by Gasteiger charge is 2.21. The molecule has 0 aromatic heterocycles. The summed E-state index contributed by atoms with van der Waals surface area (Å²) in [5.41, 5.74) is 1.10. The van der Waals surface area contributed by atoms with E-state index < -0.39 is 0 Å². The van der Waals surface area contributed by atoms with Crippen LogP contribution in [0.5, 0.6) is 0 Å². The molecule has 1 heterocycles. The maximum Gasteiger partial charge on any atom is 0.269 e. The van der Waals surface area contributed by atoms with Crippen LogP contribution in [0.2, 0.25) is 0 Å². The quantitative estimate of drug-likeness (QED) is 0.314. The van der Waals surface area contributed by atoms with Gasteiger partial charge in [0.15, 0.2) is 5.96 Å². The molecule has 1 aliphatic carbocycles. The van der Waals surface area contributed by atoms with Crippen molar-refractivity contribution in [3.8, 4) is 0 Å². The van der Waals surface area contributed by atoms with Crippen LogP contribution in [0.15, 0.2) is 29.3 Å². The number of non-ortho nitro benzene ring substituents is 1. The summed E-state index contributed by atoms with van der Waals surface area (Å²) in [5, 5.41) is 18.2. The highest BCUT2D eigenvalue weighted by molar-refractivity contribution is 5.80. The summed E-state index contributed by atoms with van der Waals surface area (Å²) in [5.74, 6) is 0.893. The van der Waals surface area contributed by atoms with E-state index in [2.05, 4.69) is 22.5 Å². The first-order valence-corrected chi connectivity index (χ1v) is 11.2. The number of benzene rings is 1. The lowest BCUT2D eigenvalue weighted by Gasteiger charge is -2.34. The van der Waals surface area contributed by atoms with E-state index in [4.69, 9.17) is 4.99 Å². The lowest BCUT2D eigenvalue weighted by Crippen LogP contribution is -2.51. The Balaban J connectivity index is 1.60. The summed E-state index contributed by atoms with van der Waals surface area (Å²) in [7, 11) is 0. The van der Waals surface area contributed by atoms with Gasteiger partial charge in [-0.1, -0.05) is 38.3 Å². The maximum atomic E-state index is 10.8. The molecule has 0 bridgehead atoms. The van der Waals surface area contributed by atoms with Crippen LogP contribution < -0.4 is 10.6 Å². The maximum absolute atomic E-state index is 10.8. The van der Waals surface area contributed by atoms with Crippen molar-refractivity contribution in [1.29, 1.82) is 0 Å². The molecular formula is C22H35N5O2. The molecule has 0 amide bonds. The molecular weight excluding hydrogens is 366 g/mol. The number of rotatable bonds is 7. The molecule has 0 spiro atoms. The summed E-state index contributed by atoms with van der Waals surface area (Å²) < 4.78 is 0. The molecule has 0 unspecified atom stereocenters. The van der Waals surface area contributed by atoms with Gasteiger partial charge in [0.1, 0.15) is 0 Å². The number of nitro benzene ring substituents is 1. The first-order chi connectivity index (χ1) is 14.1. The lowest BCUT2D eigenvalue weighted by atomic mass is 9.95. The third kappa shape index (κ3) is 6.99. The number of piperidine rings is 1. The summed E-state index contributed by atoms with van der Waals surface area (Å²) >= 11 is 0. The Hall–Kier alpha value is -2.15. The van der Waals surface area contributed by atoms with Crippen LogP contribution in [0.3, 0.4) is 0 Å². The van der Waals surface area contributed by atoms with Crippen molar-refractivity contribution < 1.29 is 4.92 Å². The second-order valence-electron chi connectivity index (χ2n) is 8.33. The minimum absolute atomic E-state index is 0.121. The van der Waals surface area contributed by atoms with E-state index in [0.29, 0.717) is 18.6 Å². The number of guanidine groups is 1. The van der Waals surface area contributed by atoms with E-state index in [0.717, 1.165) is 37.5 Å². The Morgan fingerprint density at radius 2 is 1.69 bits per heavy atom. The van der Waals surface area contributed by atoms with E-state index in [1.807, 2.05) is 0 Å². The third-order valence-corrected chi connectivity index (χ3v) is 5.98. The zero-order chi connectivity index (χ0) is 20.5. The Kier molecular flexibility index (Phi) is 8.28. The fourth-order valence-corrected chi connectivity index (χ4v) is 4.28. The minimum atomic E-state index is -0.366. The molecule has 7 heteroatoms. The first-order valence-electron chi connectivity index (χ1n) is 11.2. The topological polar surface area (TPSA) is 82.8 Å². The van der Waals surface area contributed by atoms with Gasteiger partial charge in [0, 0.05) is 37.3 Å². The average molecular weight is 402 g/mol. The zero-order valence-electron chi connectivity index (χ0n) is 17.6. The molecule has 2 aliphatic rings. The summed E-state index contributed by atoms with van der Waals surface area (Å²) in [4.78, 5) is 17.8. The predicted molar refractivity (Wildman–Crippen MR) is 117 cm³/mol. The van der Waals surface area contributed by atoms with E-state index in [1.54, 1.807) is 24.3 Å². The molecule has 29 heavy (non-hydrogen) atoms. The van der Waals surface area contributed by atoms with Crippen molar-refractivity contribution >= 4 is 11.6 Å². The molecule has 1 saturated carbocycles. The number of aliphatic imine (C=N–C) groups is 1. The Morgan fingerprint density at radius 3 is 2.28 bits per heavy atom. The van der Waals surface area contributed by atoms with Crippen molar-refractivity contribution in [3.63, 3.8) is 0 Å². The number of nitro groups is 1. The largest absolute Gasteiger partial charge is 0.354 e. The van der Waals surface area contributed by atoms with Crippen LogP contribution in [-0.4, -0.2) is 47.5 Å². The van der Waals surface area contributed by atoms with Gasteiger partial charge < -0.3 is 15.5 Å². The van der Waals surface area contributed by atoms with Crippen molar-refractivity contribution in [1.82, 2.24) is 15.5 Å². The molecule has 0 atom stereocenters. The number of hydrogen-bond donors (Lipinski definition) is 2. The van der Waals surface area contributed by atoms with Gasteiger partial charge in [0.2, 0.25) is 0 Å². The lowest BCUT2D eigenvalue weighted by molar-refractivity contribution is -0.384. The summed E-state index contributed by atoms with van der Waals surface area (Å²) in [6.45, 7) is 6.24. The highest BCUT2D eigenvalue weighted by atomic mass is 16.6. The monoisotopic (exact) mass is 401 g/mol. The normalized spacial score (nSPS) is 19.8. The van der Waals surface area contributed by atoms with Gasteiger partial charge in [0.25, 0.3) is 5.69 Å². The van der Waals surface area contributed by atoms with Gasteiger partial charge in [-0.3, -0.25) is 10.1 Å². The van der Waals surface area contributed by atoms with E-state index in [9.17, 15) is 10.1 Å². The van der Waals surface area contributed by atoms with Crippen molar-refractivity contribution in [2.24, 2.45) is 4.99 Å². The molecule has 1 aromatic rings. The van der Waals surface area contributed by atoms with Crippen LogP contribution in [0, 0.1) is 10.1 Å². The first kappa shape index (κ1) is 21.6. The summed E-state index contributed by atoms with van der Waals surface area (Å²) in [6, 6.07) is 7.64. The van der Waals surface area contributed by atoms with Gasteiger partial charge in [-0.2, -0.15) is 0 Å². The molecule has 0 radical (unpaired) electrons. The van der Waals surface area contributed by atoms with Crippen molar-refractivity contribution in [3.05, 3.63) is 39.9 Å². The smallest absolute Gasteiger partial charge is 0.269 e. The van der Waals surface area contributed by atoms with Gasteiger partial charge in [-0.05, 0) is 44.2 Å². The highest BCUT2D eigenvalue weighted by Crippen LogP contribution is 2.18. The van der Waals surface area contributed by atoms with Crippen LogP contribution in [-0.2, 0) is 6.54 Å². The molecule has 7 nitrogen and oxygen atoms in total. The molecule has 2 fully saturated rings. The molecule has 1 aliphatic heterocycles. The Morgan fingerprint density at radius 1 is 1.07 bits per heavy atom. The standard InChI is InChI=1S/C22H35N5O2/c1-2-14-26-15-12-20(13-16-26)25-22(24-19-6-4-3-5-7-19)23-17-18-8-10-21(11-9-18)27(28)29/h8-11,19-20H,2-7,12-17H2,1H3,(H2,23,24,25). The Labute approximate surface area is 174 Å². The van der Waals surface area contributed by atoms with Crippen molar-refractivity contribution in [2.45, 2.75) is 76.9 Å². The molecule has 3 rings (SSSR count). The van der Waals surface area contributed by atoms with Gasteiger partial charge in [-0.25, -0.2) is 4.99 Å². The fraction of sp³-hybridized carbons (Fsp3) is 0.682. The fourth-order valence-electron chi connectivity index (χ4n) is 4.28. The summed E-state index contributed by atoms with van der Waals surface area (Å²) in [6.07, 6.45) is 9.79. The second-order valence-corrected chi connectivity index (χ2v) is 8.33. The number of likely N-dealkylation sites (tertiary alicyclic amines) is 1. The predicted octanol–water partition coefficient (Wildman–Crippen LogP) is 3.84. The van der Waals surface area contributed by atoms with Gasteiger partial charge in [0.05, 0.1) is 11.5 Å². The number of nitrogens with zero attached hydrogens (tertiary/aromatic N) is 3. The number of hydrogen-bond acceptors (Lipinski definition) is 4. The van der Waals surface area contributed by atoms with E-state index in [1.165, 1.54) is 45.1 Å². The van der Waals surface area contributed by atoms with Crippen LogP contribution >= 0.6 is 0 Å². The minimum Gasteiger partial charge on any atom is -0.354 e. The third-order valence-electron chi connectivity index (χ3n) is 5.98. The van der Waals surface area contributed by atoms with Crippen LogP contribution in [0.1, 0.15) is 63.9 Å². The average Bonchev–Trinajstić information content (AvgIpc) is 2.74. The van der Waals surface area contributed by atoms with E-state index in [-0.39, 0.29) is 10.6 Å². The SMILES string of the molecule is CCCN1CCC(NC(=NCc2ccc([N+](=O)[O-])cc2)NC2CCCCC2)CC1. The molecule has 2 N–H and O–H groups in total. The van der Waals surface area contributed by atoms with Gasteiger partial charge >= 0.3 is 0 Å². The van der Waals surface area contributed by atoms with Crippen LogP contribution in [0.25, 0.3) is 0 Å². The Bertz CT molecular complexity index is 662. The molecule has 1 aromatic carbocycles. The van der Waals surface area contributed by atoms with E-state index >= 15 is 0 Å². The number of nitrogens with one attached hydrogen (secondary N) is 2. The van der Waals surface area contributed by atoms with Crippen molar-refractivity contribution in [2.75, 3.05) is 19.6 Å². The molecule has 1 saturated heterocycles. The second kappa shape index (κ2) is 11.1.